The molecule has 0 aromatic heterocycles. The van der Waals surface area contributed by atoms with Crippen LogP contribution in [-0.4, -0.2) is 61.0 Å². The van der Waals surface area contributed by atoms with E-state index in [0.717, 1.165) is 32.7 Å². The zero-order valence-corrected chi connectivity index (χ0v) is 16.8. The second kappa shape index (κ2) is 9.66. The number of rotatable bonds is 6. The van der Waals surface area contributed by atoms with Gasteiger partial charge in [0.25, 0.3) is 0 Å². The van der Waals surface area contributed by atoms with Crippen molar-refractivity contribution < 1.29 is 9.59 Å². The second-order valence-electron chi connectivity index (χ2n) is 7.84. The molecule has 6 nitrogen and oxygen atoms in total. The average Bonchev–Trinajstić information content (AvgIpc) is 2.68. The number of amides is 3. The Hall–Kier alpha value is -2.44. The molecule has 3 amide bonds. The standard InChI is InChI=1S/C22H30N4O2/c1-17(2)14-23-22(28)24-21(27)16-26-12-10-25(11-13-26)15-19-8-5-7-18-6-3-4-9-20(18)19/h3-9,17H,10-16H2,1-2H3,(H2,23,24,27,28). The fraction of sp³-hybridized carbons (Fsp3) is 0.455. The van der Waals surface area contributed by atoms with Crippen LogP contribution >= 0.6 is 0 Å². The van der Waals surface area contributed by atoms with Crippen LogP contribution in [0.1, 0.15) is 19.4 Å². The van der Waals surface area contributed by atoms with Gasteiger partial charge in [-0.25, -0.2) is 4.79 Å². The first-order valence-electron chi connectivity index (χ1n) is 10.0. The third-order valence-electron chi connectivity index (χ3n) is 5.03. The van der Waals surface area contributed by atoms with Crippen LogP contribution in [-0.2, 0) is 11.3 Å². The van der Waals surface area contributed by atoms with Crippen molar-refractivity contribution in [2.24, 2.45) is 5.92 Å². The van der Waals surface area contributed by atoms with Crippen LogP contribution in [0.2, 0.25) is 0 Å². The highest BCUT2D eigenvalue weighted by Gasteiger charge is 2.20. The molecule has 28 heavy (non-hydrogen) atoms. The maximum atomic E-state index is 12.1. The van der Waals surface area contributed by atoms with Gasteiger partial charge < -0.3 is 5.32 Å². The van der Waals surface area contributed by atoms with Crippen molar-refractivity contribution >= 4 is 22.7 Å². The Balaban J connectivity index is 1.44. The molecule has 0 bridgehead atoms. The Morgan fingerprint density at radius 1 is 0.964 bits per heavy atom. The van der Waals surface area contributed by atoms with Crippen molar-refractivity contribution in [1.82, 2.24) is 20.4 Å². The van der Waals surface area contributed by atoms with Crippen molar-refractivity contribution in [3.63, 3.8) is 0 Å². The Kier molecular flexibility index (Phi) is 7.01. The Morgan fingerprint density at radius 3 is 2.39 bits per heavy atom. The number of urea groups is 1. The molecule has 1 aliphatic rings. The van der Waals surface area contributed by atoms with Gasteiger partial charge in [-0.1, -0.05) is 56.3 Å². The molecule has 1 heterocycles. The molecule has 0 unspecified atom stereocenters. The normalized spacial score (nSPS) is 15.7. The summed E-state index contributed by atoms with van der Waals surface area (Å²) in [6.07, 6.45) is 0. The monoisotopic (exact) mass is 382 g/mol. The molecule has 0 saturated carbocycles. The lowest BCUT2D eigenvalue weighted by atomic mass is 10.0. The lowest BCUT2D eigenvalue weighted by Crippen LogP contribution is -2.51. The molecular weight excluding hydrogens is 352 g/mol. The minimum atomic E-state index is -0.409. The van der Waals surface area contributed by atoms with E-state index in [-0.39, 0.29) is 12.5 Å². The summed E-state index contributed by atoms with van der Waals surface area (Å²) >= 11 is 0. The van der Waals surface area contributed by atoms with E-state index in [0.29, 0.717) is 12.5 Å². The molecule has 150 valence electrons. The van der Waals surface area contributed by atoms with Crippen LogP contribution in [0.3, 0.4) is 0 Å². The van der Waals surface area contributed by atoms with Crippen LogP contribution < -0.4 is 10.6 Å². The van der Waals surface area contributed by atoms with Gasteiger partial charge in [-0.15, -0.1) is 0 Å². The fourth-order valence-electron chi connectivity index (χ4n) is 3.49. The Morgan fingerprint density at radius 2 is 1.64 bits per heavy atom. The van der Waals surface area contributed by atoms with Crippen LogP contribution in [0.5, 0.6) is 0 Å². The minimum absolute atomic E-state index is 0.247. The highest BCUT2D eigenvalue weighted by Crippen LogP contribution is 2.20. The molecule has 1 saturated heterocycles. The van der Waals surface area contributed by atoms with E-state index in [9.17, 15) is 9.59 Å². The van der Waals surface area contributed by atoms with Crippen molar-refractivity contribution in [3.8, 4) is 0 Å². The summed E-state index contributed by atoms with van der Waals surface area (Å²) in [5.41, 5.74) is 1.34. The molecule has 0 radical (unpaired) electrons. The quantitative estimate of drug-likeness (QED) is 0.805. The average molecular weight is 383 g/mol. The van der Waals surface area contributed by atoms with Crippen LogP contribution in [0.4, 0.5) is 4.79 Å². The number of carbonyl (C=O) groups excluding carboxylic acids is 2. The predicted octanol–water partition coefficient (Wildman–Crippen LogP) is 2.44. The number of nitrogens with one attached hydrogen (secondary N) is 2. The van der Waals surface area contributed by atoms with Gasteiger partial charge in [0.1, 0.15) is 0 Å². The van der Waals surface area contributed by atoms with E-state index in [1.165, 1.54) is 16.3 Å². The first-order valence-corrected chi connectivity index (χ1v) is 10.0. The number of carbonyl (C=O) groups is 2. The molecule has 0 aliphatic carbocycles. The number of hydrogen-bond donors (Lipinski definition) is 2. The number of benzene rings is 2. The predicted molar refractivity (Wildman–Crippen MR) is 112 cm³/mol. The summed E-state index contributed by atoms with van der Waals surface area (Å²) in [7, 11) is 0. The largest absolute Gasteiger partial charge is 0.338 e. The van der Waals surface area contributed by atoms with E-state index in [1.54, 1.807) is 0 Å². The van der Waals surface area contributed by atoms with E-state index in [1.807, 2.05) is 13.8 Å². The molecule has 0 atom stereocenters. The van der Waals surface area contributed by atoms with Crippen molar-refractivity contribution in [2.45, 2.75) is 20.4 Å². The van der Waals surface area contributed by atoms with Gasteiger partial charge in [-0.3, -0.25) is 19.9 Å². The van der Waals surface area contributed by atoms with Crippen molar-refractivity contribution in [3.05, 3.63) is 48.0 Å². The Bertz CT molecular complexity index is 808. The highest BCUT2D eigenvalue weighted by molar-refractivity contribution is 5.95. The lowest BCUT2D eigenvalue weighted by molar-refractivity contribution is -0.121. The van der Waals surface area contributed by atoms with E-state index >= 15 is 0 Å². The van der Waals surface area contributed by atoms with Crippen molar-refractivity contribution in [1.29, 1.82) is 0 Å². The first kappa shape index (κ1) is 20.3. The zero-order valence-electron chi connectivity index (χ0n) is 16.8. The van der Waals surface area contributed by atoms with Gasteiger partial charge >= 0.3 is 6.03 Å². The number of fused-ring (bicyclic) bond motifs is 1. The number of hydrogen-bond acceptors (Lipinski definition) is 4. The minimum Gasteiger partial charge on any atom is -0.338 e. The summed E-state index contributed by atoms with van der Waals surface area (Å²) in [4.78, 5) is 28.3. The summed E-state index contributed by atoms with van der Waals surface area (Å²) in [5, 5.41) is 7.69. The molecule has 6 heteroatoms. The first-order chi connectivity index (χ1) is 13.5. The van der Waals surface area contributed by atoms with Gasteiger partial charge in [0.2, 0.25) is 5.91 Å². The Labute approximate surface area is 166 Å². The van der Waals surface area contributed by atoms with E-state index in [2.05, 4.69) is 62.9 Å². The molecule has 2 aromatic carbocycles. The molecule has 1 aliphatic heterocycles. The fourth-order valence-corrected chi connectivity index (χ4v) is 3.49. The highest BCUT2D eigenvalue weighted by atomic mass is 16.2. The molecule has 2 aromatic rings. The second-order valence-corrected chi connectivity index (χ2v) is 7.84. The van der Waals surface area contributed by atoms with Gasteiger partial charge in [0, 0.05) is 39.3 Å². The molecule has 3 rings (SSSR count). The van der Waals surface area contributed by atoms with Gasteiger partial charge in [0.15, 0.2) is 0 Å². The van der Waals surface area contributed by atoms with Crippen LogP contribution in [0.15, 0.2) is 42.5 Å². The smallest absolute Gasteiger partial charge is 0.321 e. The molecule has 0 spiro atoms. The van der Waals surface area contributed by atoms with Crippen LogP contribution in [0, 0.1) is 5.92 Å². The molecule has 2 N–H and O–H groups in total. The molecular formula is C22H30N4O2. The third kappa shape index (κ3) is 5.78. The maximum Gasteiger partial charge on any atom is 0.321 e. The lowest BCUT2D eigenvalue weighted by Gasteiger charge is -2.34. The summed E-state index contributed by atoms with van der Waals surface area (Å²) < 4.78 is 0. The number of imide groups is 1. The van der Waals surface area contributed by atoms with Gasteiger partial charge in [-0.2, -0.15) is 0 Å². The number of nitrogens with zero attached hydrogens (tertiary/aromatic N) is 2. The topological polar surface area (TPSA) is 64.7 Å². The maximum absolute atomic E-state index is 12.1. The van der Waals surface area contributed by atoms with Gasteiger partial charge in [0.05, 0.1) is 6.54 Å². The van der Waals surface area contributed by atoms with E-state index < -0.39 is 6.03 Å². The molecule has 1 fully saturated rings. The summed E-state index contributed by atoms with van der Waals surface area (Å²) in [6.45, 7) is 9.24. The zero-order chi connectivity index (χ0) is 19.9. The SMILES string of the molecule is CC(C)CNC(=O)NC(=O)CN1CCN(Cc2cccc3ccccc23)CC1. The van der Waals surface area contributed by atoms with Crippen molar-refractivity contribution in [2.75, 3.05) is 39.3 Å². The summed E-state index contributed by atoms with van der Waals surface area (Å²) in [5.74, 6) is 0.111. The third-order valence-corrected chi connectivity index (χ3v) is 5.03. The van der Waals surface area contributed by atoms with Crippen LogP contribution in [0.25, 0.3) is 10.8 Å². The number of piperazine rings is 1. The van der Waals surface area contributed by atoms with Gasteiger partial charge in [-0.05, 0) is 22.3 Å². The summed E-state index contributed by atoms with van der Waals surface area (Å²) in [6, 6.07) is 14.5. The van der Waals surface area contributed by atoms with E-state index in [4.69, 9.17) is 0 Å².